The highest BCUT2D eigenvalue weighted by Crippen LogP contribution is 2.43. The molecule has 2 aromatic heterocycles. The molecule has 202 valence electrons. The molecule has 0 radical (unpaired) electrons. The van der Waals surface area contributed by atoms with Gasteiger partial charge < -0.3 is 14.2 Å². The number of esters is 2. The van der Waals surface area contributed by atoms with Crippen molar-refractivity contribution in [2.24, 2.45) is 0 Å². The average molecular weight is 569 g/mol. The largest absolute Gasteiger partial charge is 0.459 e. The summed E-state index contributed by atoms with van der Waals surface area (Å²) in [4.78, 5) is 38.5. The van der Waals surface area contributed by atoms with Crippen LogP contribution < -0.4 is 0 Å². The van der Waals surface area contributed by atoms with Crippen molar-refractivity contribution in [3.8, 4) is 0 Å². The molecule has 11 heteroatoms. The summed E-state index contributed by atoms with van der Waals surface area (Å²) in [5, 5.41) is 0.0706. The summed E-state index contributed by atoms with van der Waals surface area (Å²) in [6.07, 6.45) is 0.746. The van der Waals surface area contributed by atoms with Crippen LogP contribution in [-0.2, 0) is 14.2 Å². The van der Waals surface area contributed by atoms with Crippen LogP contribution in [0.15, 0.2) is 54.9 Å². The Bertz CT molecular complexity index is 1520. The second-order valence-corrected chi connectivity index (χ2v) is 10.2. The lowest BCUT2D eigenvalue weighted by molar-refractivity contribution is -0.132. The van der Waals surface area contributed by atoms with Gasteiger partial charge in [-0.3, -0.25) is 4.57 Å². The Morgan fingerprint density at radius 3 is 2.23 bits per heavy atom. The number of aryl methyl sites for hydroxylation is 2. The molecule has 0 saturated carbocycles. The quantitative estimate of drug-likeness (QED) is 0.154. The van der Waals surface area contributed by atoms with E-state index < -0.39 is 29.9 Å². The first-order chi connectivity index (χ1) is 18.7. The Kier molecular flexibility index (Phi) is 7.57. The zero-order valence-electron chi connectivity index (χ0n) is 21.6. The van der Waals surface area contributed by atoms with E-state index in [1.165, 1.54) is 6.33 Å². The minimum absolute atomic E-state index is 0.0385. The van der Waals surface area contributed by atoms with E-state index in [1.807, 2.05) is 45.0 Å². The minimum Gasteiger partial charge on any atom is -0.459 e. The molecule has 0 spiro atoms. The lowest BCUT2D eigenvalue weighted by atomic mass is 9.94. The molecule has 9 nitrogen and oxygen atoms in total. The molecule has 5 rings (SSSR count). The SMILES string of the molecule is CC[C@]1(COC(=O)c2ccc(C)cc2)O[C@@H](n2cnc3c(Cl)nc(Cl)nc32)C[C@@H]1OC(=O)c1ccc(C)cc1. The van der Waals surface area contributed by atoms with Crippen molar-refractivity contribution in [3.63, 3.8) is 0 Å². The van der Waals surface area contributed by atoms with Crippen molar-refractivity contribution in [2.45, 2.75) is 51.5 Å². The number of rotatable bonds is 7. The summed E-state index contributed by atoms with van der Waals surface area (Å²) in [5.74, 6) is -1.01. The van der Waals surface area contributed by atoms with Crippen LogP contribution in [0.4, 0.5) is 0 Å². The summed E-state index contributed by atoms with van der Waals surface area (Å²) >= 11 is 12.3. The topological polar surface area (TPSA) is 105 Å². The van der Waals surface area contributed by atoms with Gasteiger partial charge in [0.25, 0.3) is 0 Å². The maximum atomic E-state index is 13.1. The monoisotopic (exact) mass is 568 g/mol. The number of imidazole rings is 1. The van der Waals surface area contributed by atoms with Crippen LogP contribution in [-0.4, -0.2) is 49.8 Å². The second kappa shape index (κ2) is 10.9. The summed E-state index contributed by atoms with van der Waals surface area (Å²) < 4.78 is 19.9. The van der Waals surface area contributed by atoms with E-state index in [9.17, 15) is 9.59 Å². The molecule has 4 aromatic rings. The molecule has 1 aliphatic heterocycles. The van der Waals surface area contributed by atoms with Crippen molar-refractivity contribution >= 4 is 46.3 Å². The molecule has 3 heterocycles. The molecule has 0 unspecified atom stereocenters. The highest BCUT2D eigenvalue weighted by Gasteiger charge is 2.52. The molecule has 0 N–H and O–H groups in total. The van der Waals surface area contributed by atoms with Crippen LogP contribution >= 0.6 is 23.2 Å². The van der Waals surface area contributed by atoms with Gasteiger partial charge >= 0.3 is 11.9 Å². The van der Waals surface area contributed by atoms with Gasteiger partial charge in [-0.1, -0.05) is 53.9 Å². The summed E-state index contributed by atoms with van der Waals surface area (Å²) in [6, 6.07) is 14.2. The Balaban J connectivity index is 1.45. The first-order valence-electron chi connectivity index (χ1n) is 12.4. The van der Waals surface area contributed by atoms with Crippen molar-refractivity contribution in [2.75, 3.05) is 6.61 Å². The van der Waals surface area contributed by atoms with E-state index >= 15 is 0 Å². The standard InChI is InChI=1S/C28H26Cl2N4O5/c1-4-28(14-37-25(35)18-9-5-16(2)6-10-18)20(38-26(36)19-11-7-17(3)8-12-19)13-21(39-28)34-15-31-22-23(29)32-27(30)33-24(22)34/h5-12,15,20-21H,4,13-14H2,1-3H3/t20-,21+,28+/m0/s1. The third kappa shape index (κ3) is 5.48. The number of fused-ring (bicyclic) bond motifs is 1. The number of ether oxygens (including phenoxy) is 3. The van der Waals surface area contributed by atoms with E-state index in [-0.39, 0.29) is 23.5 Å². The Labute approximate surface area is 235 Å². The lowest BCUT2D eigenvalue weighted by Crippen LogP contribution is -2.46. The van der Waals surface area contributed by atoms with Gasteiger partial charge in [-0.15, -0.1) is 0 Å². The molecule has 1 fully saturated rings. The fourth-order valence-corrected chi connectivity index (χ4v) is 5.00. The van der Waals surface area contributed by atoms with E-state index in [0.29, 0.717) is 28.7 Å². The third-order valence-corrected chi connectivity index (χ3v) is 7.34. The summed E-state index contributed by atoms with van der Waals surface area (Å²) in [6.45, 7) is 5.62. The van der Waals surface area contributed by atoms with E-state index in [1.54, 1.807) is 28.8 Å². The van der Waals surface area contributed by atoms with Gasteiger partial charge in [-0.05, 0) is 56.1 Å². The van der Waals surface area contributed by atoms with Gasteiger partial charge in [0.15, 0.2) is 10.8 Å². The molecular weight excluding hydrogens is 543 g/mol. The normalized spacial score (nSPS) is 20.7. The highest BCUT2D eigenvalue weighted by molar-refractivity contribution is 6.35. The number of hydrogen-bond acceptors (Lipinski definition) is 8. The second-order valence-electron chi connectivity index (χ2n) is 9.54. The van der Waals surface area contributed by atoms with Crippen LogP contribution in [0.2, 0.25) is 10.4 Å². The van der Waals surface area contributed by atoms with Crippen molar-refractivity contribution < 1.29 is 23.8 Å². The average Bonchev–Trinajstić information content (AvgIpc) is 3.50. The van der Waals surface area contributed by atoms with Gasteiger partial charge in [0, 0.05) is 6.42 Å². The number of carbonyl (C=O) groups excluding carboxylic acids is 2. The molecular formula is C28H26Cl2N4O5. The van der Waals surface area contributed by atoms with E-state index in [0.717, 1.165) is 11.1 Å². The van der Waals surface area contributed by atoms with Gasteiger partial charge in [0.2, 0.25) is 5.28 Å². The molecule has 1 saturated heterocycles. The third-order valence-electron chi connectivity index (χ3n) is 6.90. The number of benzene rings is 2. The van der Waals surface area contributed by atoms with Crippen molar-refractivity contribution in [1.29, 1.82) is 0 Å². The van der Waals surface area contributed by atoms with Crippen LogP contribution in [0, 0.1) is 13.8 Å². The van der Waals surface area contributed by atoms with Gasteiger partial charge in [-0.25, -0.2) is 19.6 Å². The van der Waals surface area contributed by atoms with Crippen LogP contribution in [0.25, 0.3) is 11.2 Å². The first kappa shape index (κ1) is 27.1. The van der Waals surface area contributed by atoms with Crippen molar-refractivity contribution in [3.05, 3.63) is 87.5 Å². The van der Waals surface area contributed by atoms with Gasteiger partial charge in [-0.2, -0.15) is 4.98 Å². The van der Waals surface area contributed by atoms with E-state index in [4.69, 9.17) is 37.4 Å². The minimum atomic E-state index is -1.14. The number of carbonyl (C=O) groups is 2. The zero-order valence-corrected chi connectivity index (χ0v) is 23.1. The molecule has 3 atom stereocenters. The first-order valence-corrected chi connectivity index (χ1v) is 13.2. The number of aromatic nitrogens is 4. The maximum Gasteiger partial charge on any atom is 0.338 e. The predicted octanol–water partition coefficient (Wildman–Crippen LogP) is 5.90. The van der Waals surface area contributed by atoms with E-state index in [2.05, 4.69) is 15.0 Å². The fraction of sp³-hybridized carbons (Fsp3) is 0.321. The smallest absolute Gasteiger partial charge is 0.338 e. The van der Waals surface area contributed by atoms with Gasteiger partial charge in [0.1, 0.15) is 30.1 Å². The van der Waals surface area contributed by atoms with Crippen LogP contribution in [0.5, 0.6) is 0 Å². The molecule has 0 amide bonds. The van der Waals surface area contributed by atoms with Crippen LogP contribution in [0.1, 0.15) is 57.8 Å². The van der Waals surface area contributed by atoms with Crippen molar-refractivity contribution in [1.82, 2.24) is 19.5 Å². The lowest BCUT2D eigenvalue weighted by Gasteiger charge is -2.32. The number of hydrogen-bond donors (Lipinski definition) is 0. The Hall–Kier alpha value is -3.53. The zero-order chi connectivity index (χ0) is 27.7. The predicted molar refractivity (Wildman–Crippen MR) is 145 cm³/mol. The molecule has 0 bridgehead atoms. The highest BCUT2D eigenvalue weighted by atomic mass is 35.5. The van der Waals surface area contributed by atoms with Gasteiger partial charge in [0.05, 0.1) is 17.5 Å². The fourth-order valence-electron chi connectivity index (χ4n) is 4.57. The summed E-state index contributed by atoms with van der Waals surface area (Å²) in [5.41, 5.74) is 2.46. The number of halogens is 2. The Morgan fingerprint density at radius 1 is 1.00 bits per heavy atom. The molecule has 2 aromatic carbocycles. The number of nitrogens with zero attached hydrogens (tertiary/aromatic N) is 4. The van der Waals surface area contributed by atoms with Crippen LogP contribution in [0.3, 0.4) is 0 Å². The summed E-state index contributed by atoms with van der Waals surface area (Å²) in [7, 11) is 0. The Morgan fingerprint density at radius 2 is 1.62 bits per heavy atom. The maximum absolute atomic E-state index is 13.1. The molecule has 39 heavy (non-hydrogen) atoms. The molecule has 0 aliphatic carbocycles. The molecule has 1 aliphatic rings.